The molecule has 0 aliphatic heterocycles. The van der Waals surface area contributed by atoms with Crippen molar-refractivity contribution in [3.8, 4) is 5.75 Å². The lowest BCUT2D eigenvalue weighted by Gasteiger charge is -2.13. The van der Waals surface area contributed by atoms with Crippen molar-refractivity contribution in [2.75, 3.05) is 19.5 Å². The number of imidazole rings is 1. The second-order valence-corrected chi connectivity index (χ2v) is 7.52. The van der Waals surface area contributed by atoms with E-state index in [1.54, 1.807) is 31.5 Å². The third-order valence-corrected chi connectivity index (χ3v) is 5.48. The van der Waals surface area contributed by atoms with E-state index in [2.05, 4.69) is 10.3 Å². The van der Waals surface area contributed by atoms with Crippen LogP contribution in [-0.4, -0.2) is 45.5 Å². The summed E-state index contributed by atoms with van der Waals surface area (Å²) in [6.45, 7) is 0.231. The first-order valence-corrected chi connectivity index (χ1v) is 9.56. The number of aromatic nitrogens is 2. The van der Waals surface area contributed by atoms with E-state index < -0.39 is 6.09 Å². The molecular weight excluding hydrogens is 392 g/mol. The first-order valence-electron chi connectivity index (χ1n) is 8.74. The highest BCUT2D eigenvalue weighted by Gasteiger charge is 2.15. The van der Waals surface area contributed by atoms with Gasteiger partial charge in [0.15, 0.2) is 4.96 Å². The largest absolute Gasteiger partial charge is 0.497 e. The van der Waals surface area contributed by atoms with Crippen molar-refractivity contribution in [3.63, 3.8) is 0 Å². The van der Waals surface area contributed by atoms with E-state index in [1.807, 2.05) is 28.7 Å². The number of hydrogen-bond acceptors (Lipinski definition) is 5. The summed E-state index contributed by atoms with van der Waals surface area (Å²) in [7, 11) is 3.11. The number of fused-ring (bicyclic) bond motifs is 3. The summed E-state index contributed by atoms with van der Waals surface area (Å²) in [6.07, 6.45) is 0.695. The van der Waals surface area contributed by atoms with Crippen LogP contribution in [0.25, 0.3) is 15.2 Å². The van der Waals surface area contributed by atoms with Gasteiger partial charge in [-0.15, -0.1) is 0 Å². The van der Waals surface area contributed by atoms with Gasteiger partial charge in [-0.3, -0.25) is 9.20 Å². The number of anilines is 1. The van der Waals surface area contributed by atoms with Crippen molar-refractivity contribution < 1.29 is 19.4 Å². The van der Waals surface area contributed by atoms with Crippen molar-refractivity contribution in [1.82, 2.24) is 14.3 Å². The minimum atomic E-state index is -1.01. The van der Waals surface area contributed by atoms with E-state index >= 15 is 0 Å². The van der Waals surface area contributed by atoms with E-state index in [0.717, 1.165) is 26.5 Å². The van der Waals surface area contributed by atoms with Crippen molar-refractivity contribution in [2.45, 2.75) is 6.54 Å². The van der Waals surface area contributed by atoms with Gasteiger partial charge < -0.3 is 20.1 Å². The van der Waals surface area contributed by atoms with Crippen molar-refractivity contribution >= 4 is 44.2 Å². The summed E-state index contributed by atoms with van der Waals surface area (Å²) >= 11 is 1.48. The molecule has 4 rings (SSSR count). The molecule has 8 nitrogen and oxygen atoms in total. The molecule has 2 aromatic heterocycles. The summed E-state index contributed by atoms with van der Waals surface area (Å²) in [6, 6.07) is 12.8. The van der Waals surface area contributed by atoms with E-state index in [9.17, 15) is 9.59 Å². The first kappa shape index (κ1) is 18.8. The van der Waals surface area contributed by atoms with Gasteiger partial charge >= 0.3 is 6.09 Å². The molecule has 2 N–H and O–H groups in total. The zero-order valence-electron chi connectivity index (χ0n) is 15.7. The Morgan fingerprint density at radius 2 is 2.10 bits per heavy atom. The normalized spacial score (nSPS) is 11.0. The molecule has 2 amide bonds. The molecule has 0 radical (unpaired) electrons. The number of carbonyl (C=O) groups excluding carboxylic acids is 1. The Morgan fingerprint density at radius 3 is 2.86 bits per heavy atom. The first-order chi connectivity index (χ1) is 13.9. The van der Waals surface area contributed by atoms with Gasteiger partial charge in [-0.1, -0.05) is 23.5 Å². The van der Waals surface area contributed by atoms with E-state index in [1.165, 1.54) is 23.3 Å². The molecule has 0 fully saturated rings. The number of thiazole rings is 1. The molecule has 4 aromatic rings. The van der Waals surface area contributed by atoms with Crippen LogP contribution in [0.4, 0.5) is 10.5 Å². The number of carbonyl (C=O) groups is 2. The molecule has 148 valence electrons. The monoisotopic (exact) mass is 410 g/mol. The number of amides is 2. The molecule has 2 heterocycles. The summed E-state index contributed by atoms with van der Waals surface area (Å²) in [5, 5.41) is 11.8. The number of methoxy groups -OCH3 is 1. The number of hydrogen-bond donors (Lipinski definition) is 2. The highest BCUT2D eigenvalue weighted by atomic mass is 32.1. The predicted octanol–water partition coefficient (Wildman–Crippen LogP) is 3.92. The quantitative estimate of drug-likeness (QED) is 0.520. The van der Waals surface area contributed by atoms with Crippen molar-refractivity contribution in [3.05, 3.63) is 59.9 Å². The highest BCUT2D eigenvalue weighted by molar-refractivity contribution is 7.23. The molecule has 2 aromatic carbocycles. The van der Waals surface area contributed by atoms with Crippen molar-refractivity contribution in [2.24, 2.45) is 0 Å². The van der Waals surface area contributed by atoms with Crippen LogP contribution in [0.3, 0.4) is 0 Å². The molecule has 29 heavy (non-hydrogen) atoms. The van der Waals surface area contributed by atoms with Gasteiger partial charge in [0.25, 0.3) is 5.91 Å². The van der Waals surface area contributed by atoms with Gasteiger partial charge in [0.1, 0.15) is 11.4 Å². The number of ether oxygens (including phenoxy) is 1. The molecule has 0 atom stereocenters. The smallest absolute Gasteiger partial charge is 0.407 e. The van der Waals surface area contributed by atoms with Crippen LogP contribution < -0.4 is 10.1 Å². The van der Waals surface area contributed by atoms with Gasteiger partial charge in [-0.25, -0.2) is 9.78 Å². The lowest BCUT2D eigenvalue weighted by atomic mass is 10.2. The summed E-state index contributed by atoms with van der Waals surface area (Å²) < 4.78 is 8.15. The third-order valence-electron chi connectivity index (χ3n) is 4.47. The van der Waals surface area contributed by atoms with Gasteiger partial charge in [-0.2, -0.15) is 0 Å². The van der Waals surface area contributed by atoms with E-state index in [-0.39, 0.29) is 12.5 Å². The number of benzene rings is 2. The predicted molar refractivity (Wildman–Crippen MR) is 111 cm³/mol. The average molecular weight is 410 g/mol. The molecule has 0 bridgehead atoms. The van der Waals surface area contributed by atoms with E-state index in [4.69, 9.17) is 9.84 Å². The summed E-state index contributed by atoms with van der Waals surface area (Å²) in [5.74, 6) is 0.444. The molecule has 0 aliphatic carbocycles. The second-order valence-electron chi connectivity index (χ2n) is 6.51. The topological polar surface area (TPSA) is 96.2 Å². The van der Waals surface area contributed by atoms with Gasteiger partial charge in [0.05, 0.1) is 17.3 Å². The molecule has 0 saturated carbocycles. The van der Waals surface area contributed by atoms with Gasteiger partial charge in [0, 0.05) is 25.5 Å². The maximum atomic E-state index is 12.7. The summed E-state index contributed by atoms with van der Waals surface area (Å²) in [4.78, 5) is 30.0. The Balaban J connectivity index is 1.55. The zero-order chi connectivity index (χ0) is 20.5. The average Bonchev–Trinajstić information content (AvgIpc) is 3.25. The van der Waals surface area contributed by atoms with Crippen molar-refractivity contribution in [1.29, 1.82) is 0 Å². The maximum Gasteiger partial charge on any atom is 0.407 e. The molecular formula is C20H18N4O4S. The number of carboxylic acid groups (broad SMARTS) is 1. The lowest BCUT2D eigenvalue weighted by Crippen LogP contribution is -2.24. The minimum Gasteiger partial charge on any atom is -0.497 e. The molecule has 0 saturated heterocycles. The maximum absolute atomic E-state index is 12.7. The fraction of sp³-hybridized carbons (Fsp3) is 0.150. The molecule has 0 unspecified atom stereocenters. The molecule has 0 spiro atoms. The second kappa shape index (κ2) is 7.44. The Morgan fingerprint density at radius 1 is 1.28 bits per heavy atom. The Labute approximate surface area is 170 Å². The van der Waals surface area contributed by atoms with Gasteiger partial charge in [-0.05, 0) is 35.9 Å². The molecule has 0 aliphatic rings. The van der Waals surface area contributed by atoms with Crippen LogP contribution in [-0.2, 0) is 6.54 Å². The fourth-order valence-corrected chi connectivity index (χ4v) is 4.04. The van der Waals surface area contributed by atoms with E-state index in [0.29, 0.717) is 11.4 Å². The lowest BCUT2D eigenvalue weighted by molar-refractivity contribution is 0.102. The number of nitrogens with one attached hydrogen (secondary N) is 1. The SMILES string of the molecule is COc1ccc2c(c1)sc1nc(C(=O)Nc3cccc(CN(C)C(=O)O)c3)cn12. The van der Waals surface area contributed by atoms with Crippen LogP contribution in [0.2, 0.25) is 0 Å². The standard InChI is InChI=1S/C20H18N4O4S/c1-23(20(26)27)10-12-4-3-5-13(8-12)21-18(25)15-11-24-16-7-6-14(28-2)9-17(16)29-19(24)22-15/h3-9,11H,10H2,1-2H3,(H,21,25)(H,26,27). The number of nitrogens with zero attached hydrogens (tertiary/aromatic N) is 3. The summed E-state index contributed by atoms with van der Waals surface area (Å²) in [5.41, 5.74) is 2.62. The van der Waals surface area contributed by atoms with Crippen LogP contribution in [0.1, 0.15) is 16.1 Å². The highest BCUT2D eigenvalue weighted by Crippen LogP contribution is 2.29. The van der Waals surface area contributed by atoms with Crippen LogP contribution in [0, 0.1) is 0 Å². The van der Waals surface area contributed by atoms with Crippen LogP contribution >= 0.6 is 11.3 Å². The third kappa shape index (κ3) is 3.72. The van der Waals surface area contributed by atoms with Crippen LogP contribution in [0.5, 0.6) is 5.75 Å². The number of rotatable bonds is 5. The zero-order valence-corrected chi connectivity index (χ0v) is 16.6. The fourth-order valence-electron chi connectivity index (χ4n) is 3.00. The minimum absolute atomic E-state index is 0.231. The Bertz CT molecular complexity index is 1230. The van der Waals surface area contributed by atoms with Crippen LogP contribution in [0.15, 0.2) is 48.7 Å². The van der Waals surface area contributed by atoms with Gasteiger partial charge in [0.2, 0.25) is 0 Å². The Hall–Kier alpha value is -3.59. The Kier molecular flexibility index (Phi) is 4.81. The molecule has 9 heteroatoms.